The number of carbonyl (C=O) groups is 1. The zero-order valence-electron chi connectivity index (χ0n) is 12.2. The number of benzene rings is 1. The Kier molecular flexibility index (Phi) is 4.44. The van der Waals surface area contributed by atoms with E-state index >= 15 is 0 Å². The summed E-state index contributed by atoms with van der Waals surface area (Å²) in [6.07, 6.45) is 1.49. The number of hydrogen-bond acceptors (Lipinski definition) is 5. The number of anilines is 1. The van der Waals surface area contributed by atoms with Gasteiger partial charge in [-0.05, 0) is 36.1 Å². The van der Waals surface area contributed by atoms with Crippen molar-refractivity contribution < 1.29 is 13.2 Å². The van der Waals surface area contributed by atoms with Gasteiger partial charge in [-0.15, -0.1) is 0 Å². The van der Waals surface area contributed by atoms with Crippen LogP contribution in [0.5, 0.6) is 0 Å². The third kappa shape index (κ3) is 3.77. The summed E-state index contributed by atoms with van der Waals surface area (Å²) in [5.41, 5.74) is 0.971. The maximum atomic E-state index is 12.4. The van der Waals surface area contributed by atoms with E-state index in [1.54, 1.807) is 23.6 Å². The van der Waals surface area contributed by atoms with E-state index in [2.05, 4.69) is 15.0 Å². The molecule has 2 aromatic rings. The quantitative estimate of drug-likeness (QED) is 0.889. The average Bonchev–Trinajstić information content (AvgIpc) is 3.20. The van der Waals surface area contributed by atoms with E-state index in [1.165, 1.54) is 23.5 Å². The predicted octanol–water partition coefficient (Wildman–Crippen LogP) is 2.47. The molecule has 0 unspecified atom stereocenters. The summed E-state index contributed by atoms with van der Waals surface area (Å²) in [4.78, 5) is 16.2. The fraction of sp³-hybridized carbons (Fsp3) is 0.200. The van der Waals surface area contributed by atoms with Crippen molar-refractivity contribution in [2.75, 3.05) is 11.9 Å². The first-order chi connectivity index (χ1) is 11.0. The molecule has 1 aromatic heterocycles. The molecule has 1 aliphatic heterocycles. The van der Waals surface area contributed by atoms with E-state index in [1.807, 2.05) is 5.38 Å². The molecular formula is C15H15N3O3S2. The first-order valence-electron chi connectivity index (χ1n) is 7.04. The van der Waals surface area contributed by atoms with E-state index in [4.69, 9.17) is 0 Å². The molecule has 120 valence electrons. The Labute approximate surface area is 138 Å². The van der Waals surface area contributed by atoms with Crippen LogP contribution in [0.3, 0.4) is 0 Å². The highest BCUT2D eigenvalue weighted by Crippen LogP contribution is 2.17. The number of nitrogens with one attached hydrogen (secondary N) is 2. The van der Waals surface area contributed by atoms with Crippen LogP contribution in [0.2, 0.25) is 0 Å². The van der Waals surface area contributed by atoms with Crippen molar-refractivity contribution in [1.29, 1.82) is 0 Å². The lowest BCUT2D eigenvalue weighted by molar-refractivity contribution is 0.102. The van der Waals surface area contributed by atoms with Crippen LogP contribution < -0.4 is 10.0 Å². The first-order valence-corrected chi connectivity index (χ1v) is 9.47. The lowest BCUT2D eigenvalue weighted by Crippen LogP contribution is -2.29. The van der Waals surface area contributed by atoms with E-state index in [0.717, 1.165) is 6.42 Å². The maximum Gasteiger partial charge on any atom is 0.262 e. The van der Waals surface area contributed by atoms with Gasteiger partial charge in [-0.2, -0.15) is 11.3 Å². The Morgan fingerprint density at radius 3 is 2.83 bits per heavy atom. The average molecular weight is 349 g/mol. The van der Waals surface area contributed by atoms with Crippen LogP contribution in [0.1, 0.15) is 23.2 Å². The molecule has 0 atom stereocenters. The second-order valence-corrected chi connectivity index (χ2v) is 7.49. The van der Waals surface area contributed by atoms with Gasteiger partial charge in [-0.3, -0.25) is 14.5 Å². The molecule has 2 N–H and O–H groups in total. The lowest BCUT2D eigenvalue weighted by Gasteiger charge is -2.09. The summed E-state index contributed by atoms with van der Waals surface area (Å²) in [6, 6.07) is 7.87. The number of amides is 1. The van der Waals surface area contributed by atoms with Crippen LogP contribution in [0.4, 0.5) is 5.69 Å². The molecule has 0 bridgehead atoms. The number of rotatable bonds is 4. The molecule has 1 aliphatic rings. The molecule has 0 aliphatic carbocycles. The van der Waals surface area contributed by atoms with Crippen LogP contribution in [0, 0.1) is 0 Å². The van der Waals surface area contributed by atoms with Gasteiger partial charge in [-0.25, -0.2) is 8.42 Å². The van der Waals surface area contributed by atoms with Crippen molar-refractivity contribution in [2.45, 2.75) is 17.7 Å². The number of thiophene rings is 1. The van der Waals surface area contributed by atoms with Gasteiger partial charge in [0.05, 0.1) is 10.5 Å². The van der Waals surface area contributed by atoms with Gasteiger partial charge in [0, 0.05) is 24.0 Å². The topological polar surface area (TPSA) is 87.6 Å². The van der Waals surface area contributed by atoms with E-state index in [9.17, 15) is 13.2 Å². The van der Waals surface area contributed by atoms with Gasteiger partial charge in [0.2, 0.25) is 0 Å². The van der Waals surface area contributed by atoms with Gasteiger partial charge in [-0.1, -0.05) is 6.07 Å². The van der Waals surface area contributed by atoms with Crippen molar-refractivity contribution in [3.63, 3.8) is 0 Å². The number of sulfonamides is 1. The molecule has 23 heavy (non-hydrogen) atoms. The van der Waals surface area contributed by atoms with Crippen molar-refractivity contribution in [1.82, 2.24) is 4.72 Å². The number of hydrogen-bond donors (Lipinski definition) is 2. The normalized spacial score (nSPS) is 14.3. The van der Waals surface area contributed by atoms with Gasteiger partial charge in [0.25, 0.3) is 15.9 Å². The smallest absolute Gasteiger partial charge is 0.262 e. The predicted molar refractivity (Wildman–Crippen MR) is 90.6 cm³/mol. The Morgan fingerprint density at radius 2 is 2.13 bits per heavy atom. The standard InChI is InChI=1S/C15H15N3O3S2/c19-15(11-6-8-22-10-11)17-12-3-1-4-13(9-12)23(20,21)18-14-5-2-7-16-14/h1,3-4,6,8-10H,2,5,7H2,(H,16,18)(H,17,19). The van der Waals surface area contributed by atoms with Crippen LogP contribution >= 0.6 is 11.3 Å². The number of amidine groups is 1. The fourth-order valence-electron chi connectivity index (χ4n) is 2.17. The van der Waals surface area contributed by atoms with Crippen molar-refractivity contribution >= 4 is 38.8 Å². The Balaban J connectivity index is 1.78. The Bertz CT molecular complexity index is 843. The molecule has 0 spiro atoms. The zero-order chi connectivity index (χ0) is 16.3. The second-order valence-electron chi connectivity index (χ2n) is 5.03. The summed E-state index contributed by atoms with van der Waals surface area (Å²) >= 11 is 1.42. The highest BCUT2D eigenvalue weighted by atomic mass is 32.2. The second kappa shape index (κ2) is 6.51. The fourth-order valence-corrected chi connectivity index (χ4v) is 3.95. The third-order valence-electron chi connectivity index (χ3n) is 3.31. The van der Waals surface area contributed by atoms with Crippen molar-refractivity contribution in [2.24, 2.45) is 4.99 Å². The molecule has 0 fully saturated rings. The van der Waals surface area contributed by atoms with Gasteiger partial charge in [0.1, 0.15) is 5.84 Å². The molecular weight excluding hydrogens is 334 g/mol. The minimum atomic E-state index is -3.69. The summed E-state index contributed by atoms with van der Waals surface area (Å²) in [5.74, 6) is 0.214. The molecule has 3 rings (SSSR count). The molecule has 0 saturated heterocycles. The largest absolute Gasteiger partial charge is 0.322 e. The number of nitrogens with zero attached hydrogens (tertiary/aromatic N) is 1. The van der Waals surface area contributed by atoms with Crippen molar-refractivity contribution in [3.8, 4) is 0 Å². The number of carbonyl (C=O) groups excluding carboxylic acids is 1. The van der Waals surface area contributed by atoms with E-state index < -0.39 is 10.0 Å². The Morgan fingerprint density at radius 1 is 1.26 bits per heavy atom. The van der Waals surface area contributed by atoms with Crippen LogP contribution in [-0.4, -0.2) is 26.7 Å². The van der Waals surface area contributed by atoms with E-state index in [-0.39, 0.29) is 10.8 Å². The molecule has 1 amide bonds. The third-order valence-corrected chi connectivity index (χ3v) is 5.37. The minimum Gasteiger partial charge on any atom is -0.322 e. The van der Waals surface area contributed by atoms with Gasteiger partial charge < -0.3 is 5.32 Å². The molecule has 1 aromatic carbocycles. The highest BCUT2D eigenvalue weighted by Gasteiger charge is 2.18. The van der Waals surface area contributed by atoms with Crippen LogP contribution in [0.15, 0.2) is 51.0 Å². The summed E-state index contributed by atoms with van der Waals surface area (Å²) in [7, 11) is -3.69. The van der Waals surface area contributed by atoms with Crippen molar-refractivity contribution in [3.05, 3.63) is 46.7 Å². The SMILES string of the molecule is O=C(Nc1cccc(S(=O)(=O)NC2=NCCC2)c1)c1ccsc1. The molecule has 0 radical (unpaired) electrons. The van der Waals surface area contributed by atoms with Gasteiger partial charge >= 0.3 is 0 Å². The number of aliphatic imine (C=N–C) groups is 1. The summed E-state index contributed by atoms with van der Waals surface area (Å²) in [6.45, 7) is 0.647. The Hall–Kier alpha value is -2.19. The summed E-state index contributed by atoms with van der Waals surface area (Å²) in [5, 5.41) is 6.24. The van der Waals surface area contributed by atoms with Crippen LogP contribution in [0.25, 0.3) is 0 Å². The maximum absolute atomic E-state index is 12.4. The molecule has 0 saturated carbocycles. The van der Waals surface area contributed by atoms with E-state index in [0.29, 0.717) is 30.1 Å². The first kappa shape index (κ1) is 15.7. The summed E-state index contributed by atoms with van der Waals surface area (Å²) < 4.78 is 27.2. The highest BCUT2D eigenvalue weighted by molar-refractivity contribution is 7.90. The minimum absolute atomic E-state index is 0.0928. The van der Waals surface area contributed by atoms with Gasteiger partial charge in [0.15, 0.2) is 0 Å². The monoisotopic (exact) mass is 349 g/mol. The molecule has 6 nitrogen and oxygen atoms in total. The lowest BCUT2D eigenvalue weighted by atomic mass is 10.3. The molecule has 8 heteroatoms. The zero-order valence-corrected chi connectivity index (χ0v) is 13.8. The van der Waals surface area contributed by atoms with Crippen LogP contribution in [-0.2, 0) is 10.0 Å². The molecule has 2 heterocycles.